The maximum atomic E-state index is 13.8. The van der Waals surface area contributed by atoms with E-state index in [4.69, 9.17) is 0 Å². The quantitative estimate of drug-likeness (QED) is 0.600. The lowest BCUT2D eigenvalue weighted by Crippen LogP contribution is -2.54. The molecule has 4 rings (SSSR count). The van der Waals surface area contributed by atoms with Crippen LogP contribution in [0.15, 0.2) is 54.6 Å². The highest BCUT2D eigenvalue weighted by Crippen LogP contribution is 2.42. The molecule has 0 bridgehead atoms. The van der Waals surface area contributed by atoms with Crippen LogP contribution in [0.5, 0.6) is 5.75 Å². The van der Waals surface area contributed by atoms with E-state index in [0.717, 1.165) is 19.3 Å². The number of piperazine rings is 1. The summed E-state index contributed by atoms with van der Waals surface area (Å²) in [6, 6.07) is 15.9. The molecule has 2 aromatic rings. The minimum absolute atomic E-state index is 0.211. The van der Waals surface area contributed by atoms with E-state index < -0.39 is 17.9 Å². The van der Waals surface area contributed by atoms with E-state index in [2.05, 4.69) is 28.7 Å². The minimum atomic E-state index is -4.83. The lowest BCUT2D eigenvalue weighted by atomic mass is 9.72. The van der Waals surface area contributed by atoms with Gasteiger partial charge in [0.05, 0.1) is 11.5 Å². The maximum Gasteiger partial charge on any atom is 0.573 e. The minimum Gasteiger partial charge on any atom is -0.406 e. The average molecular weight is 491 g/mol. The molecule has 1 saturated carbocycles. The van der Waals surface area contributed by atoms with Gasteiger partial charge in [-0.15, -0.1) is 13.2 Å². The number of carbonyl (C=O) groups excluding carboxylic acids is 1. The molecule has 1 N–H and O–H groups in total. The highest BCUT2D eigenvalue weighted by Gasteiger charge is 2.45. The Balaban J connectivity index is 1.53. The Kier molecular flexibility index (Phi) is 7.71. The second-order valence-corrected chi connectivity index (χ2v) is 9.67. The van der Waals surface area contributed by atoms with Crippen molar-refractivity contribution < 1.29 is 27.8 Å². The molecule has 2 aromatic carbocycles. The van der Waals surface area contributed by atoms with E-state index in [9.17, 15) is 23.1 Å². The number of nitrogens with zero attached hydrogens (tertiary/aromatic N) is 2. The summed E-state index contributed by atoms with van der Waals surface area (Å²) in [5.74, 6) is -1.54. The van der Waals surface area contributed by atoms with Crippen LogP contribution in [0, 0.1) is 0 Å². The highest BCUT2D eigenvalue weighted by atomic mass is 19.4. The van der Waals surface area contributed by atoms with Gasteiger partial charge in [0.2, 0.25) is 5.91 Å². The van der Waals surface area contributed by atoms with Gasteiger partial charge < -0.3 is 14.7 Å². The van der Waals surface area contributed by atoms with Crippen LogP contribution in [0.1, 0.15) is 62.1 Å². The Bertz CT molecular complexity index is 985. The van der Waals surface area contributed by atoms with Crippen molar-refractivity contribution in [2.24, 2.45) is 0 Å². The van der Waals surface area contributed by atoms with Crippen LogP contribution in [0.25, 0.3) is 0 Å². The van der Waals surface area contributed by atoms with Gasteiger partial charge in [0.1, 0.15) is 5.75 Å². The van der Waals surface area contributed by atoms with Gasteiger partial charge in [0.15, 0.2) is 0 Å². The van der Waals surface area contributed by atoms with Crippen molar-refractivity contribution in [3.8, 4) is 5.75 Å². The molecule has 5 nitrogen and oxygen atoms in total. The molecule has 1 heterocycles. The first-order valence-corrected chi connectivity index (χ1v) is 12.3. The molecule has 0 radical (unpaired) electrons. The third-order valence-corrected chi connectivity index (χ3v) is 7.38. The van der Waals surface area contributed by atoms with E-state index in [1.807, 2.05) is 18.2 Å². The Morgan fingerprint density at radius 3 is 2.20 bits per heavy atom. The van der Waals surface area contributed by atoms with E-state index in [1.165, 1.54) is 23.8 Å². The van der Waals surface area contributed by atoms with Crippen molar-refractivity contribution in [1.82, 2.24) is 9.80 Å². The van der Waals surface area contributed by atoms with Gasteiger partial charge in [0, 0.05) is 32.2 Å². The predicted octanol–water partition coefficient (Wildman–Crippen LogP) is 5.27. The van der Waals surface area contributed by atoms with E-state index in [0.29, 0.717) is 44.6 Å². The van der Waals surface area contributed by atoms with Gasteiger partial charge in [0.25, 0.3) is 0 Å². The molecular formula is C27H33F3N2O3. The van der Waals surface area contributed by atoms with E-state index in [1.54, 1.807) is 11.0 Å². The number of halogens is 3. The fourth-order valence-corrected chi connectivity index (χ4v) is 5.48. The summed E-state index contributed by atoms with van der Waals surface area (Å²) < 4.78 is 42.6. The second-order valence-electron chi connectivity index (χ2n) is 9.67. The number of benzene rings is 2. The molecule has 8 heteroatoms. The Morgan fingerprint density at radius 1 is 0.943 bits per heavy atom. The van der Waals surface area contributed by atoms with E-state index >= 15 is 0 Å². The largest absolute Gasteiger partial charge is 0.573 e. The highest BCUT2D eigenvalue weighted by molar-refractivity contribution is 5.85. The number of aliphatic hydroxyl groups is 1. The van der Waals surface area contributed by atoms with Crippen LogP contribution in [0.3, 0.4) is 0 Å². The van der Waals surface area contributed by atoms with Gasteiger partial charge in [-0.05, 0) is 43.0 Å². The van der Waals surface area contributed by atoms with Crippen molar-refractivity contribution in [2.45, 2.75) is 63.0 Å². The molecule has 0 aromatic heterocycles. The van der Waals surface area contributed by atoms with Crippen LogP contribution in [-0.4, -0.2) is 59.0 Å². The number of ether oxygens (including phenoxy) is 1. The Hall–Kier alpha value is -2.58. The first-order chi connectivity index (χ1) is 16.7. The first-order valence-electron chi connectivity index (χ1n) is 12.3. The summed E-state index contributed by atoms with van der Waals surface area (Å²) in [4.78, 5) is 17.9. The van der Waals surface area contributed by atoms with Gasteiger partial charge in [-0.2, -0.15) is 0 Å². The number of carbonyl (C=O) groups is 1. The summed E-state index contributed by atoms with van der Waals surface area (Å²) >= 11 is 0. The van der Waals surface area contributed by atoms with E-state index in [-0.39, 0.29) is 17.7 Å². The molecule has 2 aliphatic rings. The van der Waals surface area contributed by atoms with Crippen LogP contribution >= 0.6 is 0 Å². The number of amides is 1. The molecule has 0 spiro atoms. The SMILES string of the molecule is C[C@@H](c1ccccc1)N1CCN(C(=O)[C@H](c2cccc(OC(F)(F)F)c2)C2(O)CCCCC2)CC1. The normalized spacial score (nSPS) is 20.8. The molecule has 0 unspecified atom stereocenters. The monoisotopic (exact) mass is 490 g/mol. The summed E-state index contributed by atoms with van der Waals surface area (Å²) in [7, 11) is 0. The van der Waals surface area contributed by atoms with Crippen LogP contribution in [0.2, 0.25) is 0 Å². The second kappa shape index (κ2) is 10.6. The summed E-state index contributed by atoms with van der Waals surface area (Å²) in [5, 5.41) is 11.6. The smallest absolute Gasteiger partial charge is 0.406 e. The molecule has 35 heavy (non-hydrogen) atoms. The molecule has 1 saturated heterocycles. The number of hydrogen-bond donors (Lipinski definition) is 1. The molecule has 1 amide bonds. The predicted molar refractivity (Wildman–Crippen MR) is 127 cm³/mol. The fraction of sp³-hybridized carbons (Fsp3) is 0.519. The third-order valence-electron chi connectivity index (χ3n) is 7.38. The lowest BCUT2D eigenvalue weighted by Gasteiger charge is -2.43. The van der Waals surface area contributed by atoms with Gasteiger partial charge >= 0.3 is 6.36 Å². The summed E-state index contributed by atoms with van der Waals surface area (Å²) in [5.41, 5.74) is 0.282. The van der Waals surface area contributed by atoms with Crippen molar-refractivity contribution >= 4 is 5.91 Å². The van der Waals surface area contributed by atoms with Crippen LogP contribution in [-0.2, 0) is 4.79 Å². The van der Waals surface area contributed by atoms with Gasteiger partial charge in [-0.3, -0.25) is 9.69 Å². The van der Waals surface area contributed by atoms with Crippen molar-refractivity contribution in [3.63, 3.8) is 0 Å². The average Bonchev–Trinajstić information content (AvgIpc) is 2.84. The number of rotatable bonds is 6. The Morgan fingerprint density at radius 2 is 1.57 bits per heavy atom. The van der Waals surface area contributed by atoms with Gasteiger partial charge in [-0.1, -0.05) is 61.7 Å². The lowest BCUT2D eigenvalue weighted by molar-refractivity contribution is -0.274. The molecule has 2 fully saturated rings. The zero-order chi connectivity index (χ0) is 25.1. The zero-order valence-electron chi connectivity index (χ0n) is 20.0. The van der Waals surface area contributed by atoms with Crippen LogP contribution in [0.4, 0.5) is 13.2 Å². The molecule has 190 valence electrons. The number of hydrogen-bond acceptors (Lipinski definition) is 4. The molecular weight excluding hydrogens is 457 g/mol. The standard InChI is InChI=1S/C27H33F3N2O3/c1-20(21-9-4-2-5-10-21)31-15-17-32(18-16-31)25(33)24(26(34)13-6-3-7-14-26)22-11-8-12-23(19-22)35-27(28,29)30/h2,4-5,8-12,19-20,24,34H,3,6-7,13-18H2,1H3/t20-,24-/m0/s1. The Labute approximate surface area is 204 Å². The van der Waals surface area contributed by atoms with Crippen LogP contribution < -0.4 is 4.74 Å². The first kappa shape index (κ1) is 25.5. The fourth-order valence-electron chi connectivity index (χ4n) is 5.48. The van der Waals surface area contributed by atoms with Crippen molar-refractivity contribution in [3.05, 3.63) is 65.7 Å². The van der Waals surface area contributed by atoms with Crippen molar-refractivity contribution in [1.29, 1.82) is 0 Å². The maximum absolute atomic E-state index is 13.8. The topological polar surface area (TPSA) is 53.0 Å². The summed E-state index contributed by atoms with van der Waals surface area (Å²) in [6.07, 6.45) is -1.41. The number of alkyl halides is 3. The van der Waals surface area contributed by atoms with Gasteiger partial charge in [-0.25, -0.2) is 0 Å². The zero-order valence-corrected chi connectivity index (χ0v) is 20.0. The molecule has 1 aliphatic heterocycles. The van der Waals surface area contributed by atoms with Crippen molar-refractivity contribution in [2.75, 3.05) is 26.2 Å². The molecule has 2 atom stereocenters. The summed E-state index contributed by atoms with van der Waals surface area (Å²) in [6.45, 7) is 4.52. The molecule has 1 aliphatic carbocycles. The third kappa shape index (κ3) is 6.16.